The number of hydrogen-bond donors (Lipinski definition) is 1. The lowest BCUT2D eigenvalue weighted by atomic mass is 10.1. The Morgan fingerprint density at radius 2 is 1.56 bits per heavy atom. The molecule has 0 fully saturated rings. The molecule has 1 N–H and O–H groups in total. The van der Waals surface area contributed by atoms with Crippen molar-refractivity contribution in [3.63, 3.8) is 0 Å². The third kappa shape index (κ3) is 6.53. The van der Waals surface area contributed by atoms with Crippen LogP contribution in [0, 0.1) is 0 Å². The van der Waals surface area contributed by atoms with Gasteiger partial charge in [-0.25, -0.2) is 8.42 Å². The van der Waals surface area contributed by atoms with Crippen molar-refractivity contribution >= 4 is 27.5 Å². The third-order valence-electron chi connectivity index (χ3n) is 5.26. The second-order valence-electron chi connectivity index (χ2n) is 7.47. The number of anilines is 1. The van der Waals surface area contributed by atoms with Crippen LogP contribution in [0.2, 0.25) is 0 Å². The van der Waals surface area contributed by atoms with E-state index in [2.05, 4.69) is 5.32 Å². The first-order chi connectivity index (χ1) is 16.0. The minimum Gasteiger partial charge on any atom is -0.497 e. The van der Waals surface area contributed by atoms with Crippen LogP contribution in [-0.4, -0.2) is 72.4 Å². The highest BCUT2D eigenvalue weighted by molar-refractivity contribution is 7.92. The molecule has 0 saturated carbocycles. The van der Waals surface area contributed by atoms with Gasteiger partial charge in [0.1, 0.15) is 29.8 Å². The van der Waals surface area contributed by atoms with Crippen molar-refractivity contribution in [3.05, 3.63) is 48.0 Å². The lowest BCUT2D eigenvalue weighted by molar-refractivity contribution is -0.139. The summed E-state index contributed by atoms with van der Waals surface area (Å²) in [4.78, 5) is 27.1. The van der Waals surface area contributed by atoms with Crippen LogP contribution >= 0.6 is 0 Å². The van der Waals surface area contributed by atoms with Gasteiger partial charge < -0.3 is 24.4 Å². The van der Waals surface area contributed by atoms with E-state index in [1.807, 2.05) is 0 Å². The normalized spacial score (nSPS) is 11.8. The summed E-state index contributed by atoms with van der Waals surface area (Å²) in [5.74, 6) is 0.397. The van der Waals surface area contributed by atoms with Gasteiger partial charge in [-0.3, -0.25) is 13.9 Å². The van der Waals surface area contributed by atoms with Gasteiger partial charge in [-0.1, -0.05) is 12.1 Å². The van der Waals surface area contributed by atoms with Gasteiger partial charge in [0, 0.05) is 19.7 Å². The Balaban J connectivity index is 2.43. The Morgan fingerprint density at radius 3 is 2.06 bits per heavy atom. The van der Waals surface area contributed by atoms with Crippen LogP contribution in [0.1, 0.15) is 12.5 Å². The van der Waals surface area contributed by atoms with Crippen LogP contribution in [0.5, 0.6) is 17.2 Å². The Bertz CT molecular complexity index is 1100. The quantitative estimate of drug-likeness (QED) is 0.506. The summed E-state index contributed by atoms with van der Waals surface area (Å²) in [5.41, 5.74) is 0.925. The molecule has 0 spiro atoms. The van der Waals surface area contributed by atoms with Crippen molar-refractivity contribution in [1.29, 1.82) is 0 Å². The number of carbonyl (C=O) groups is 2. The summed E-state index contributed by atoms with van der Waals surface area (Å²) in [5, 5.41) is 2.53. The van der Waals surface area contributed by atoms with Gasteiger partial charge in [-0.15, -0.1) is 0 Å². The first-order valence-electron chi connectivity index (χ1n) is 10.4. The Kier molecular flexibility index (Phi) is 9.13. The van der Waals surface area contributed by atoms with E-state index in [0.29, 0.717) is 11.5 Å². The fraction of sp³-hybridized carbons (Fsp3) is 0.391. The van der Waals surface area contributed by atoms with Crippen LogP contribution in [0.15, 0.2) is 42.5 Å². The van der Waals surface area contributed by atoms with Gasteiger partial charge in [0.15, 0.2) is 0 Å². The third-order valence-corrected chi connectivity index (χ3v) is 6.39. The molecule has 0 aliphatic rings. The summed E-state index contributed by atoms with van der Waals surface area (Å²) in [6.45, 7) is 1.15. The van der Waals surface area contributed by atoms with Crippen molar-refractivity contribution in [2.75, 3.05) is 45.5 Å². The molecule has 2 aromatic carbocycles. The van der Waals surface area contributed by atoms with E-state index in [9.17, 15) is 18.0 Å². The summed E-state index contributed by atoms with van der Waals surface area (Å²) in [6.07, 6.45) is 1.000. The molecule has 11 heteroatoms. The van der Waals surface area contributed by atoms with E-state index in [0.717, 1.165) is 16.1 Å². The van der Waals surface area contributed by atoms with E-state index in [4.69, 9.17) is 14.2 Å². The molecule has 0 heterocycles. The van der Waals surface area contributed by atoms with Gasteiger partial charge in [0.05, 0.1) is 33.3 Å². The number of carbonyl (C=O) groups excluding carboxylic acids is 2. The molecule has 0 aliphatic carbocycles. The summed E-state index contributed by atoms with van der Waals surface area (Å²) in [6, 6.07) is 10.8. The number of methoxy groups -OCH3 is 3. The van der Waals surface area contributed by atoms with Gasteiger partial charge in [0.2, 0.25) is 21.8 Å². The Labute approximate surface area is 200 Å². The lowest BCUT2D eigenvalue weighted by Crippen LogP contribution is -2.50. The zero-order valence-corrected chi connectivity index (χ0v) is 21.0. The topological polar surface area (TPSA) is 114 Å². The van der Waals surface area contributed by atoms with Crippen LogP contribution in [0.25, 0.3) is 0 Å². The fourth-order valence-corrected chi connectivity index (χ4v) is 4.16. The highest BCUT2D eigenvalue weighted by atomic mass is 32.2. The van der Waals surface area contributed by atoms with Gasteiger partial charge >= 0.3 is 0 Å². The number of likely N-dealkylation sites (N-methyl/N-ethyl adjacent to an activating group) is 1. The summed E-state index contributed by atoms with van der Waals surface area (Å²) < 4.78 is 42.0. The number of nitrogens with zero attached hydrogens (tertiary/aromatic N) is 2. The van der Waals surface area contributed by atoms with E-state index in [1.165, 1.54) is 38.3 Å². The summed E-state index contributed by atoms with van der Waals surface area (Å²) in [7, 11) is 2.00. The van der Waals surface area contributed by atoms with Gasteiger partial charge in [0.25, 0.3) is 0 Å². The molecular formula is C23H31N3O7S. The second kappa shape index (κ2) is 11.6. The molecule has 0 bridgehead atoms. The van der Waals surface area contributed by atoms with Crippen molar-refractivity contribution in [2.24, 2.45) is 0 Å². The SMILES string of the molecule is CNC(=O)[C@@H](C)N(Cc1ccc(OC)cc1)C(=O)CN(c1ccc(OC)cc1OC)S(C)(=O)=O. The molecule has 2 rings (SSSR count). The molecule has 0 aromatic heterocycles. The monoisotopic (exact) mass is 493 g/mol. The zero-order valence-electron chi connectivity index (χ0n) is 20.2. The summed E-state index contributed by atoms with van der Waals surface area (Å²) >= 11 is 0. The highest BCUT2D eigenvalue weighted by Crippen LogP contribution is 2.33. The van der Waals surface area contributed by atoms with Crippen molar-refractivity contribution in [3.8, 4) is 17.2 Å². The van der Waals surface area contributed by atoms with Crippen molar-refractivity contribution < 1.29 is 32.2 Å². The zero-order chi connectivity index (χ0) is 25.5. The Morgan fingerprint density at radius 1 is 0.971 bits per heavy atom. The lowest BCUT2D eigenvalue weighted by Gasteiger charge is -2.31. The van der Waals surface area contributed by atoms with Crippen LogP contribution < -0.4 is 23.8 Å². The van der Waals surface area contributed by atoms with Gasteiger partial charge in [-0.2, -0.15) is 0 Å². The molecule has 2 amide bonds. The van der Waals surface area contributed by atoms with E-state index < -0.39 is 28.5 Å². The van der Waals surface area contributed by atoms with E-state index in [-0.39, 0.29) is 23.9 Å². The predicted octanol–water partition coefficient (Wildman–Crippen LogP) is 1.64. The standard InChI is InChI=1S/C23H31N3O7S/c1-16(23(28)24-2)25(14-17-7-9-18(31-3)10-8-17)22(27)15-26(34(6,29)30)20-12-11-19(32-4)13-21(20)33-5/h7-13,16H,14-15H2,1-6H3,(H,24,28)/t16-/m1/s1. The maximum Gasteiger partial charge on any atom is 0.244 e. The molecular weight excluding hydrogens is 462 g/mol. The average molecular weight is 494 g/mol. The Hall–Kier alpha value is -3.47. The van der Waals surface area contributed by atoms with Crippen molar-refractivity contribution in [1.82, 2.24) is 10.2 Å². The molecule has 0 saturated heterocycles. The van der Waals surface area contributed by atoms with Crippen LogP contribution in [-0.2, 0) is 26.2 Å². The second-order valence-corrected chi connectivity index (χ2v) is 9.37. The molecule has 34 heavy (non-hydrogen) atoms. The van der Waals surface area contributed by atoms with Gasteiger partial charge in [-0.05, 0) is 36.8 Å². The first-order valence-corrected chi connectivity index (χ1v) is 12.2. The molecule has 2 aromatic rings. The molecule has 186 valence electrons. The maximum absolute atomic E-state index is 13.4. The molecule has 10 nitrogen and oxygen atoms in total. The average Bonchev–Trinajstić information content (AvgIpc) is 2.84. The molecule has 1 atom stereocenters. The number of hydrogen-bond acceptors (Lipinski definition) is 7. The van der Waals surface area contributed by atoms with E-state index >= 15 is 0 Å². The largest absolute Gasteiger partial charge is 0.497 e. The maximum atomic E-state index is 13.4. The number of benzene rings is 2. The minimum atomic E-state index is -3.88. The molecule has 0 unspecified atom stereocenters. The molecule has 0 aliphatic heterocycles. The number of ether oxygens (including phenoxy) is 3. The number of rotatable bonds is 11. The van der Waals surface area contributed by atoms with Crippen LogP contribution in [0.4, 0.5) is 5.69 Å². The smallest absolute Gasteiger partial charge is 0.244 e. The van der Waals surface area contributed by atoms with Crippen LogP contribution in [0.3, 0.4) is 0 Å². The number of nitrogens with one attached hydrogen (secondary N) is 1. The fourth-order valence-electron chi connectivity index (χ4n) is 3.30. The molecule has 0 radical (unpaired) electrons. The highest BCUT2D eigenvalue weighted by Gasteiger charge is 2.31. The van der Waals surface area contributed by atoms with Crippen molar-refractivity contribution in [2.45, 2.75) is 19.5 Å². The number of sulfonamides is 1. The number of amides is 2. The minimum absolute atomic E-state index is 0.0920. The first kappa shape index (κ1) is 26.8. The van der Waals surface area contributed by atoms with E-state index in [1.54, 1.807) is 44.4 Å². The predicted molar refractivity (Wildman–Crippen MR) is 129 cm³/mol.